The second-order valence-corrected chi connectivity index (χ2v) is 3.96. The van der Waals surface area contributed by atoms with Gasteiger partial charge < -0.3 is 5.32 Å². The van der Waals surface area contributed by atoms with Crippen molar-refractivity contribution in [3.63, 3.8) is 0 Å². The Balaban J connectivity index is 2.26. The Morgan fingerprint density at radius 1 is 1.24 bits per heavy atom. The molecule has 0 heterocycles. The molecule has 3 N–H and O–H groups in total. The molecule has 0 spiro atoms. The predicted octanol–water partition coefficient (Wildman–Crippen LogP) is 1.60. The zero-order chi connectivity index (χ0) is 12.5. The molecule has 1 aromatic carbocycles. The van der Waals surface area contributed by atoms with E-state index >= 15 is 0 Å². The Morgan fingerprint density at radius 2 is 1.94 bits per heavy atom. The van der Waals surface area contributed by atoms with Crippen molar-refractivity contribution in [1.29, 1.82) is 0 Å². The van der Waals surface area contributed by atoms with Gasteiger partial charge in [0.1, 0.15) is 0 Å². The number of hydrazine groups is 1. The van der Waals surface area contributed by atoms with Crippen LogP contribution in [0.25, 0.3) is 0 Å². The van der Waals surface area contributed by atoms with Crippen LogP contribution in [0.5, 0.6) is 0 Å². The van der Waals surface area contributed by atoms with Crippen LogP contribution < -0.4 is 16.2 Å². The topological polar surface area (TPSA) is 53.2 Å². The van der Waals surface area contributed by atoms with Crippen LogP contribution in [0.3, 0.4) is 0 Å². The van der Waals surface area contributed by atoms with Gasteiger partial charge in [-0.15, -0.1) is 0 Å². The summed E-state index contributed by atoms with van der Waals surface area (Å²) in [6, 6.07) is 8.97. The fourth-order valence-corrected chi connectivity index (χ4v) is 1.35. The van der Waals surface area contributed by atoms with E-state index in [-0.39, 0.29) is 5.91 Å². The van der Waals surface area contributed by atoms with Gasteiger partial charge in [-0.1, -0.05) is 31.5 Å². The van der Waals surface area contributed by atoms with Gasteiger partial charge in [-0.2, -0.15) is 0 Å². The van der Waals surface area contributed by atoms with Gasteiger partial charge in [-0.3, -0.25) is 15.6 Å². The summed E-state index contributed by atoms with van der Waals surface area (Å²) >= 11 is 5.00. The summed E-state index contributed by atoms with van der Waals surface area (Å²) in [6.45, 7) is 2.92. The number of benzene rings is 1. The van der Waals surface area contributed by atoms with E-state index in [1.165, 1.54) is 0 Å². The summed E-state index contributed by atoms with van der Waals surface area (Å²) < 4.78 is 0. The minimum atomic E-state index is -0.203. The number of nitrogens with one attached hydrogen (secondary N) is 3. The molecule has 17 heavy (non-hydrogen) atoms. The van der Waals surface area contributed by atoms with Gasteiger partial charge in [-0.05, 0) is 30.8 Å². The summed E-state index contributed by atoms with van der Waals surface area (Å²) in [6.07, 6.45) is 2.15. The first-order valence-corrected chi connectivity index (χ1v) is 6.04. The molecule has 0 fully saturated rings. The second kappa shape index (κ2) is 7.62. The average Bonchev–Trinajstić information content (AvgIpc) is 2.37. The van der Waals surface area contributed by atoms with Crippen molar-refractivity contribution >= 4 is 23.2 Å². The maximum absolute atomic E-state index is 11.6. The third-order valence-corrected chi connectivity index (χ3v) is 2.39. The quantitative estimate of drug-likeness (QED) is 0.432. The zero-order valence-electron chi connectivity index (χ0n) is 9.82. The van der Waals surface area contributed by atoms with Gasteiger partial charge in [0.25, 0.3) is 5.91 Å². The number of hydrogen-bond donors (Lipinski definition) is 3. The molecule has 0 aliphatic heterocycles. The van der Waals surface area contributed by atoms with Crippen LogP contribution in [0.4, 0.5) is 0 Å². The molecule has 1 aromatic rings. The standard InChI is InChI=1S/C12H17N3OS/c1-2-3-9-13-12(17)15-14-11(16)10-7-5-4-6-8-10/h4-8H,2-3,9H2,1H3,(H,14,16)(H2,13,15,17). The third kappa shape index (κ3) is 5.31. The molecule has 0 aliphatic rings. The van der Waals surface area contributed by atoms with Crippen molar-refractivity contribution in [2.45, 2.75) is 19.8 Å². The van der Waals surface area contributed by atoms with Gasteiger partial charge in [0, 0.05) is 12.1 Å². The fourth-order valence-electron chi connectivity index (χ4n) is 1.20. The Bertz CT molecular complexity index is 367. The summed E-state index contributed by atoms with van der Waals surface area (Å²) in [5, 5.41) is 3.43. The normalized spacial score (nSPS) is 9.47. The van der Waals surface area contributed by atoms with Crippen LogP contribution in [0.2, 0.25) is 0 Å². The highest BCUT2D eigenvalue weighted by Gasteiger charge is 2.03. The molecule has 0 radical (unpaired) electrons. The van der Waals surface area contributed by atoms with Crippen molar-refractivity contribution in [3.05, 3.63) is 35.9 Å². The smallest absolute Gasteiger partial charge is 0.269 e. The molecule has 0 saturated heterocycles. The SMILES string of the molecule is CCCCNC(=S)NNC(=O)c1ccccc1. The van der Waals surface area contributed by atoms with Crippen LogP contribution in [-0.2, 0) is 0 Å². The molecule has 0 saturated carbocycles. The first-order chi connectivity index (χ1) is 8.24. The van der Waals surface area contributed by atoms with E-state index in [4.69, 9.17) is 12.2 Å². The lowest BCUT2D eigenvalue weighted by Gasteiger charge is -2.11. The van der Waals surface area contributed by atoms with Crippen LogP contribution in [0.1, 0.15) is 30.1 Å². The lowest BCUT2D eigenvalue weighted by molar-refractivity contribution is 0.0943. The zero-order valence-corrected chi connectivity index (χ0v) is 10.6. The van der Waals surface area contributed by atoms with Crippen molar-refractivity contribution in [3.8, 4) is 0 Å². The second-order valence-electron chi connectivity index (χ2n) is 3.55. The highest BCUT2D eigenvalue weighted by Crippen LogP contribution is 1.96. The summed E-state index contributed by atoms with van der Waals surface area (Å²) in [5.41, 5.74) is 5.79. The minimum Gasteiger partial charge on any atom is -0.361 e. The molecular weight excluding hydrogens is 234 g/mol. The van der Waals surface area contributed by atoms with Crippen LogP contribution in [-0.4, -0.2) is 17.6 Å². The molecule has 1 rings (SSSR count). The van der Waals surface area contributed by atoms with Crippen LogP contribution >= 0.6 is 12.2 Å². The molecule has 5 heteroatoms. The molecule has 0 aliphatic carbocycles. The van der Waals surface area contributed by atoms with E-state index in [9.17, 15) is 4.79 Å². The van der Waals surface area contributed by atoms with Gasteiger partial charge >= 0.3 is 0 Å². The predicted molar refractivity (Wildman–Crippen MR) is 72.6 cm³/mol. The highest BCUT2D eigenvalue weighted by atomic mass is 32.1. The van der Waals surface area contributed by atoms with E-state index in [1.54, 1.807) is 12.1 Å². The van der Waals surface area contributed by atoms with Gasteiger partial charge in [0.15, 0.2) is 5.11 Å². The number of carbonyl (C=O) groups excluding carboxylic acids is 1. The number of hydrogen-bond acceptors (Lipinski definition) is 2. The van der Waals surface area contributed by atoms with E-state index in [0.29, 0.717) is 10.7 Å². The van der Waals surface area contributed by atoms with Gasteiger partial charge in [0.05, 0.1) is 0 Å². The van der Waals surface area contributed by atoms with Gasteiger partial charge in [0.2, 0.25) is 0 Å². The first-order valence-electron chi connectivity index (χ1n) is 5.63. The minimum absolute atomic E-state index is 0.203. The maximum Gasteiger partial charge on any atom is 0.269 e. The van der Waals surface area contributed by atoms with Crippen LogP contribution in [0, 0.1) is 0 Å². The Morgan fingerprint density at radius 3 is 2.59 bits per heavy atom. The molecule has 4 nitrogen and oxygen atoms in total. The third-order valence-electron chi connectivity index (χ3n) is 2.14. The Labute approximate surface area is 107 Å². The van der Waals surface area contributed by atoms with E-state index in [2.05, 4.69) is 23.1 Å². The monoisotopic (exact) mass is 251 g/mol. The van der Waals surface area contributed by atoms with Crippen molar-refractivity contribution in [2.75, 3.05) is 6.54 Å². The number of unbranched alkanes of at least 4 members (excludes halogenated alkanes) is 1. The molecule has 0 bridgehead atoms. The van der Waals surface area contributed by atoms with Gasteiger partial charge in [-0.25, -0.2) is 0 Å². The Kier molecular flexibility index (Phi) is 6.03. The molecule has 0 unspecified atom stereocenters. The number of thiocarbonyl (C=S) groups is 1. The molecule has 0 aromatic heterocycles. The van der Waals surface area contributed by atoms with Crippen molar-refractivity contribution in [1.82, 2.24) is 16.2 Å². The summed E-state index contributed by atoms with van der Waals surface area (Å²) in [4.78, 5) is 11.6. The molecule has 1 amide bonds. The van der Waals surface area contributed by atoms with Crippen molar-refractivity contribution < 1.29 is 4.79 Å². The Hall–Kier alpha value is -1.62. The molecule has 0 atom stereocenters. The van der Waals surface area contributed by atoms with E-state index < -0.39 is 0 Å². The molecule has 92 valence electrons. The summed E-state index contributed by atoms with van der Waals surface area (Å²) in [7, 11) is 0. The van der Waals surface area contributed by atoms with E-state index in [1.807, 2.05) is 18.2 Å². The van der Waals surface area contributed by atoms with Crippen molar-refractivity contribution in [2.24, 2.45) is 0 Å². The maximum atomic E-state index is 11.6. The lowest BCUT2D eigenvalue weighted by atomic mass is 10.2. The number of amides is 1. The van der Waals surface area contributed by atoms with E-state index in [0.717, 1.165) is 19.4 Å². The fraction of sp³-hybridized carbons (Fsp3) is 0.333. The largest absolute Gasteiger partial charge is 0.361 e. The average molecular weight is 251 g/mol. The number of carbonyl (C=O) groups is 1. The first kappa shape index (κ1) is 13.4. The highest BCUT2D eigenvalue weighted by molar-refractivity contribution is 7.80. The number of rotatable bonds is 4. The molecular formula is C12H17N3OS. The summed E-state index contributed by atoms with van der Waals surface area (Å²) in [5.74, 6) is -0.203. The lowest BCUT2D eigenvalue weighted by Crippen LogP contribution is -2.46. The van der Waals surface area contributed by atoms with Crippen LogP contribution in [0.15, 0.2) is 30.3 Å².